The Kier molecular flexibility index (Phi) is 2.94. The summed E-state index contributed by atoms with van der Waals surface area (Å²) in [6.07, 6.45) is 2.49. The highest BCUT2D eigenvalue weighted by Crippen LogP contribution is 2.45. The molecule has 0 aromatic rings. The lowest BCUT2D eigenvalue weighted by Crippen LogP contribution is -2.45. The van der Waals surface area contributed by atoms with Gasteiger partial charge in [0, 0.05) is 18.9 Å². The van der Waals surface area contributed by atoms with Crippen molar-refractivity contribution in [2.24, 2.45) is 5.92 Å². The van der Waals surface area contributed by atoms with Crippen molar-refractivity contribution in [2.75, 3.05) is 6.54 Å². The van der Waals surface area contributed by atoms with Crippen molar-refractivity contribution in [3.63, 3.8) is 0 Å². The zero-order valence-electron chi connectivity index (χ0n) is 6.85. The Balaban J connectivity index is 0.000000720. The monoisotopic (exact) mass is 197 g/mol. The number of rotatable bonds is 1. The van der Waals surface area contributed by atoms with E-state index in [1.807, 2.05) is 0 Å². The molecule has 1 nitrogen and oxygen atoms in total. The van der Waals surface area contributed by atoms with E-state index in [0.717, 1.165) is 19.4 Å². The fourth-order valence-electron chi connectivity index (χ4n) is 2.11. The Hall–Kier alpha value is 0.110. The third-order valence-corrected chi connectivity index (χ3v) is 2.79. The van der Waals surface area contributed by atoms with Gasteiger partial charge in [-0.25, -0.2) is 8.78 Å². The SMILES string of the molecule is Cl.FC1(F)CC(C2CCCN2)C1. The second kappa shape index (κ2) is 3.46. The molecule has 0 spiro atoms. The summed E-state index contributed by atoms with van der Waals surface area (Å²) >= 11 is 0. The average molecular weight is 198 g/mol. The lowest BCUT2D eigenvalue weighted by Gasteiger charge is -2.38. The molecule has 1 heterocycles. The van der Waals surface area contributed by atoms with Gasteiger partial charge < -0.3 is 5.32 Å². The molecule has 0 aromatic carbocycles. The highest BCUT2D eigenvalue weighted by atomic mass is 35.5. The smallest absolute Gasteiger partial charge is 0.248 e. The van der Waals surface area contributed by atoms with Crippen LogP contribution in [-0.4, -0.2) is 18.5 Å². The van der Waals surface area contributed by atoms with Crippen LogP contribution >= 0.6 is 12.4 Å². The van der Waals surface area contributed by atoms with Crippen LogP contribution in [0, 0.1) is 5.92 Å². The van der Waals surface area contributed by atoms with E-state index in [0.29, 0.717) is 6.04 Å². The number of alkyl halides is 2. The fraction of sp³-hybridized carbons (Fsp3) is 1.00. The quantitative estimate of drug-likeness (QED) is 0.680. The van der Waals surface area contributed by atoms with Crippen molar-refractivity contribution in [2.45, 2.75) is 37.6 Å². The predicted octanol–water partition coefficient (Wildman–Crippen LogP) is 2.21. The first-order chi connectivity index (χ1) is 5.17. The van der Waals surface area contributed by atoms with Crippen molar-refractivity contribution >= 4 is 12.4 Å². The summed E-state index contributed by atoms with van der Waals surface area (Å²) in [5.74, 6) is -2.08. The normalized spacial score (nSPS) is 34.0. The van der Waals surface area contributed by atoms with Gasteiger partial charge in [0.25, 0.3) is 0 Å². The highest BCUT2D eigenvalue weighted by Gasteiger charge is 2.48. The molecule has 0 bridgehead atoms. The maximum absolute atomic E-state index is 12.4. The molecule has 1 N–H and O–H groups in total. The predicted molar refractivity (Wildman–Crippen MR) is 45.9 cm³/mol. The molecule has 0 radical (unpaired) electrons. The van der Waals surface area contributed by atoms with Gasteiger partial charge >= 0.3 is 0 Å². The molecule has 1 atom stereocenters. The largest absolute Gasteiger partial charge is 0.314 e. The van der Waals surface area contributed by atoms with Crippen LogP contribution in [-0.2, 0) is 0 Å². The molecule has 0 amide bonds. The Morgan fingerprint density at radius 2 is 1.92 bits per heavy atom. The second-order valence-electron chi connectivity index (χ2n) is 3.73. The van der Waals surface area contributed by atoms with Crippen LogP contribution < -0.4 is 5.32 Å². The molecular formula is C8H14ClF2N. The van der Waals surface area contributed by atoms with Gasteiger partial charge in [0.1, 0.15) is 0 Å². The van der Waals surface area contributed by atoms with Gasteiger partial charge in [-0.05, 0) is 25.3 Å². The lowest BCUT2D eigenvalue weighted by atomic mass is 9.76. The first kappa shape index (κ1) is 10.2. The number of halogens is 3. The van der Waals surface area contributed by atoms with Gasteiger partial charge in [0.15, 0.2) is 0 Å². The molecule has 1 unspecified atom stereocenters. The third-order valence-electron chi connectivity index (χ3n) is 2.79. The van der Waals surface area contributed by atoms with Crippen LogP contribution in [0.15, 0.2) is 0 Å². The van der Waals surface area contributed by atoms with Crippen LogP contribution in [0.25, 0.3) is 0 Å². The van der Waals surface area contributed by atoms with Gasteiger partial charge in [0.05, 0.1) is 0 Å². The van der Waals surface area contributed by atoms with Gasteiger partial charge in [-0.1, -0.05) is 0 Å². The first-order valence-electron chi connectivity index (χ1n) is 4.29. The second-order valence-corrected chi connectivity index (χ2v) is 3.73. The molecule has 0 aromatic heterocycles. The minimum atomic E-state index is -2.34. The standard InChI is InChI=1S/C8H13F2N.ClH/c9-8(10)4-6(5-8)7-2-1-3-11-7;/h6-7,11H,1-5H2;1H. The summed E-state index contributed by atoms with van der Waals surface area (Å²) in [5, 5.41) is 3.26. The zero-order chi connectivity index (χ0) is 7.90. The molecule has 2 rings (SSSR count). The molecule has 12 heavy (non-hydrogen) atoms. The van der Waals surface area contributed by atoms with Gasteiger partial charge in [-0.15, -0.1) is 12.4 Å². The van der Waals surface area contributed by atoms with E-state index in [-0.39, 0.29) is 31.2 Å². The lowest BCUT2D eigenvalue weighted by molar-refractivity contribution is -0.117. The topological polar surface area (TPSA) is 12.0 Å². The van der Waals surface area contributed by atoms with Gasteiger partial charge in [-0.2, -0.15) is 0 Å². The Morgan fingerprint density at radius 3 is 2.33 bits per heavy atom. The summed E-state index contributed by atoms with van der Waals surface area (Å²) < 4.78 is 24.8. The summed E-state index contributed by atoms with van der Waals surface area (Å²) in [6.45, 7) is 1.02. The molecule has 1 aliphatic carbocycles. The van der Waals surface area contributed by atoms with E-state index >= 15 is 0 Å². The van der Waals surface area contributed by atoms with E-state index in [9.17, 15) is 8.78 Å². The van der Waals surface area contributed by atoms with Gasteiger partial charge in [0.2, 0.25) is 5.92 Å². The molecule has 1 aliphatic heterocycles. The van der Waals surface area contributed by atoms with E-state index < -0.39 is 5.92 Å². The first-order valence-corrected chi connectivity index (χ1v) is 4.29. The molecule has 1 saturated carbocycles. The summed E-state index contributed by atoms with van der Waals surface area (Å²) in [6, 6.07) is 0.398. The van der Waals surface area contributed by atoms with Crippen LogP contribution in [0.1, 0.15) is 25.7 Å². The molecule has 1 saturated heterocycles. The molecule has 4 heteroatoms. The summed E-state index contributed by atoms with van der Waals surface area (Å²) in [5.41, 5.74) is 0. The van der Waals surface area contributed by atoms with Crippen LogP contribution in [0.5, 0.6) is 0 Å². The summed E-state index contributed by atoms with van der Waals surface area (Å²) in [7, 11) is 0. The number of nitrogens with one attached hydrogen (secondary N) is 1. The fourth-order valence-corrected chi connectivity index (χ4v) is 2.11. The number of hydrogen-bond acceptors (Lipinski definition) is 1. The van der Waals surface area contributed by atoms with Crippen molar-refractivity contribution in [3.8, 4) is 0 Å². The van der Waals surface area contributed by atoms with Crippen molar-refractivity contribution in [1.82, 2.24) is 5.32 Å². The Morgan fingerprint density at radius 1 is 1.25 bits per heavy atom. The molecule has 2 aliphatic rings. The highest BCUT2D eigenvalue weighted by molar-refractivity contribution is 5.85. The zero-order valence-corrected chi connectivity index (χ0v) is 7.67. The Bertz CT molecular complexity index is 149. The van der Waals surface area contributed by atoms with Crippen LogP contribution in [0.2, 0.25) is 0 Å². The minimum Gasteiger partial charge on any atom is -0.314 e. The van der Waals surface area contributed by atoms with E-state index in [1.54, 1.807) is 0 Å². The van der Waals surface area contributed by atoms with E-state index in [4.69, 9.17) is 0 Å². The summed E-state index contributed by atoms with van der Waals surface area (Å²) in [4.78, 5) is 0. The molecular weight excluding hydrogens is 184 g/mol. The van der Waals surface area contributed by atoms with Crippen molar-refractivity contribution in [1.29, 1.82) is 0 Å². The maximum atomic E-state index is 12.4. The van der Waals surface area contributed by atoms with Crippen molar-refractivity contribution in [3.05, 3.63) is 0 Å². The van der Waals surface area contributed by atoms with Gasteiger partial charge in [-0.3, -0.25) is 0 Å². The average Bonchev–Trinajstić information content (AvgIpc) is 2.32. The minimum absolute atomic E-state index is 0. The van der Waals surface area contributed by atoms with E-state index in [1.165, 1.54) is 0 Å². The Labute approximate surface area is 77.3 Å². The van der Waals surface area contributed by atoms with Crippen molar-refractivity contribution < 1.29 is 8.78 Å². The number of hydrogen-bond donors (Lipinski definition) is 1. The molecule has 72 valence electrons. The third kappa shape index (κ3) is 1.88. The maximum Gasteiger partial charge on any atom is 0.248 e. The van der Waals surface area contributed by atoms with Crippen LogP contribution in [0.4, 0.5) is 8.78 Å². The molecule has 2 fully saturated rings. The van der Waals surface area contributed by atoms with E-state index in [2.05, 4.69) is 5.32 Å². The van der Waals surface area contributed by atoms with Crippen LogP contribution in [0.3, 0.4) is 0 Å².